The Balaban J connectivity index is 1.45. The smallest absolute Gasteiger partial charge is 0.240 e. The summed E-state index contributed by atoms with van der Waals surface area (Å²) in [6.07, 6.45) is 5.03. The summed E-state index contributed by atoms with van der Waals surface area (Å²) < 4.78 is 10.3. The third kappa shape index (κ3) is 4.43. The molecule has 0 bridgehead atoms. The van der Waals surface area contributed by atoms with E-state index in [0.29, 0.717) is 18.3 Å². The van der Waals surface area contributed by atoms with Gasteiger partial charge < -0.3 is 14.2 Å². The van der Waals surface area contributed by atoms with Gasteiger partial charge in [0.15, 0.2) is 5.82 Å². The van der Waals surface area contributed by atoms with Crippen LogP contribution in [0.2, 0.25) is 0 Å². The molecule has 1 aliphatic carbocycles. The van der Waals surface area contributed by atoms with Crippen molar-refractivity contribution in [3.63, 3.8) is 0 Å². The van der Waals surface area contributed by atoms with Crippen LogP contribution in [0.1, 0.15) is 38.4 Å². The minimum Gasteiger partial charge on any atom is -0.377 e. The summed E-state index contributed by atoms with van der Waals surface area (Å²) in [5.74, 6) is 2.86. The van der Waals surface area contributed by atoms with E-state index in [9.17, 15) is 0 Å². The molecule has 2 heterocycles. The fourth-order valence-electron chi connectivity index (χ4n) is 3.84. The van der Waals surface area contributed by atoms with E-state index < -0.39 is 0 Å². The Morgan fingerprint density at radius 2 is 2.00 bits per heavy atom. The van der Waals surface area contributed by atoms with Crippen molar-refractivity contribution in [2.24, 2.45) is 11.8 Å². The highest BCUT2D eigenvalue weighted by Gasteiger charge is 2.26. The predicted octanol–water partition coefficient (Wildman–Crippen LogP) is 2.33. The fraction of sp³-hybridized carbons (Fsp3) is 0.778. The first-order valence-electron chi connectivity index (χ1n) is 9.07. The van der Waals surface area contributed by atoms with E-state index in [-0.39, 0.29) is 0 Å². The standard InChI is InChI=1S/C18H30N4O2/c1-14-5-4-6-15(2)16(14)11-21-7-9-22(10-8-21)12-18-19-17(13-23-3)20-24-18/h5,15-16H,4,6-13H2,1-3H3/t15-,16-/m1/s1. The molecule has 1 saturated heterocycles. The maximum atomic E-state index is 5.29. The van der Waals surface area contributed by atoms with Gasteiger partial charge in [-0.15, -0.1) is 0 Å². The van der Waals surface area contributed by atoms with Gasteiger partial charge in [0.1, 0.15) is 6.61 Å². The topological polar surface area (TPSA) is 54.6 Å². The van der Waals surface area contributed by atoms with Crippen LogP contribution in [-0.4, -0.2) is 59.8 Å². The Morgan fingerprint density at radius 1 is 1.25 bits per heavy atom. The number of rotatable bonds is 6. The zero-order valence-corrected chi connectivity index (χ0v) is 15.2. The first-order chi connectivity index (χ1) is 11.7. The van der Waals surface area contributed by atoms with Crippen molar-refractivity contribution >= 4 is 0 Å². The summed E-state index contributed by atoms with van der Waals surface area (Å²) in [7, 11) is 1.64. The van der Waals surface area contributed by atoms with E-state index in [1.54, 1.807) is 12.7 Å². The van der Waals surface area contributed by atoms with Gasteiger partial charge in [0.05, 0.1) is 6.54 Å². The molecule has 1 aromatic rings. The minimum atomic E-state index is 0.406. The van der Waals surface area contributed by atoms with Crippen molar-refractivity contribution < 1.29 is 9.26 Å². The van der Waals surface area contributed by atoms with E-state index >= 15 is 0 Å². The lowest BCUT2D eigenvalue weighted by Crippen LogP contribution is -2.48. The minimum absolute atomic E-state index is 0.406. The third-order valence-corrected chi connectivity index (χ3v) is 5.42. The first-order valence-corrected chi connectivity index (χ1v) is 9.07. The van der Waals surface area contributed by atoms with Crippen LogP contribution in [0.5, 0.6) is 0 Å². The molecule has 6 nitrogen and oxygen atoms in total. The highest BCUT2D eigenvalue weighted by Crippen LogP contribution is 2.30. The number of hydrogen-bond donors (Lipinski definition) is 0. The first kappa shape index (κ1) is 17.6. The van der Waals surface area contributed by atoms with E-state index in [4.69, 9.17) is 9.26 Å². The molecule has 24 heavy (non-hydrogen) atoms. The van der Waals surface area contributed by atoms with Crippen LogP contribution in [0.3, 0.4) is 0 Å². The monoisotopic (exact) mass is 334 g/mol. The maximum Gasteiger partial charge on any atom is 0.240 e. The highest BCUT2D eigenvalue weighted by molar-refractivity contribution is 5.09. The molecule has 0 saturated carbocycles. The lowest BCUT2D eigenvalue weighted by atomic mass is 9.80. The number of ether oxygens (including phenoxy) is 1. The lowest BCUT2D eigenvalue weighted by Gasteiger charge is -2.38. The maximum absolute atomic E-state index is 5.29. The van der Waals surface area contributed by atoms with E-state index in [0.717, 1.165) is 44.6 Å². The molecule has 0 amide bonds. The van der Waals surface area contributed by atoms with E-state index in [1.807, 2.05) is 0 Å². The average molecular weight is 334 g/mol. The molecule has 0 N–H and O–H groups in total. The number of aromatic nitrogens is 2. The Labute approximate surface area is 144 Å². The molecule has 0 radical (unpaired) electrons. The average Bonchev–Trinajstić information content (AvgIpc) is 3.00. The Bertz CT molecular complexity index is 549. The summed E-state index contributed by atoms with van der Waals surface area (Å²) in [6, 6.07) is 0. The molecular weight excluding hydrogens is 304 g/mol. The summed E-state index contributed by atoms with van der Waals surface area (Å²) in [6.45, 7) is 11.4. The Hall–Kier alpha value is -1.24. The molecule has 2 aliphatic rings. The molecule has 134 valence electrons. The number of methoxy groups -OCH3 is 1. The van der Waals surface area contributed by atoms with Gasteiger partial charge in [-0.3, -0.25) is 4.90 Å². The number of piperazine rings is 1. The van der Waals surface area contributed by atoms with Crippen molar-refractivity contribution in [1.29, 1.82) is 0 Å². The molecule has 1 fully saturated rings. The largest absolute Gasteiger partial charge is 0.377 e. The van der Waals surface area contributed by atoms with Crippen LogP contribution in [0.15, 0.2) is 16.2 Å². The van der Waals surface area contributed by atoms with Crippen LogP contribution in [0, 0.1) is 11.8 Å². The predicted molar refractivity (Wildman–Crippen MR) is 92.4 cm³/mol. The SMILES string of the molecule is COCc1noc(CN2CCN(C[C@@H]3C(C)=CCC[C@H]3C)CC2)n1. The van der Waals surface area contributed by atoms with Crippen LogP contribution >= 0.6 is 0 Å². The highest BCUT2D eigenvalue weighted by atomic mass is 16.5. The van der Waals surface area contributed by atoms with Gasteiger partial charge in [-0.05, 0) is 31.6 Å². The lowest BCUT2D eigenvalue weighted by molar-refractivity contribution is 0.0994. The van der Waals surface area contributed by atoms with Crippen LogP contribution < -0.4 is 0 Å². The molecule has 0 spiro atoms. The zero-order chi connectivity index (χ0) is 16.9. The second-order valence-corrected chi connectivity index (χ2v) is 7.22. The molecule has 6 heteroatoms. The van der Waals surface area contributed by atoms with Crippen molar-refractivity contribution in [3.05, 3.63) is 23.4 Å². The van der Waals surface area contributed by atoms with Crippen molar-refractivity contribution in [1.82, 2.24) is 19.9 Å². The van der Waals surface area contributed by atoms with Gasteiger partial charge >= 0.3 is 0 Å². The zero-order valence-electron chi connectivity index (χ0n) is 15.2. The molecule has 2 atom stereocenters. The molecule has 0 unspecified atom stereocenters. The molecule has 3 rings (SSSR count). The van der Waals surface area contributed by atoms with E-state index in [1.165, 1.54) is 19.4 Å². The Kier molecular flexibility index (Phi) is 6.03. The van der Waals surface area contributed by atoms with Gasteiger partial charge in [0.2, 0.25) is 5.89 Å². The summed E-state index contributed by atoms with van der Waals surface area (Å²) in [4.78, 5) is 9.37. The number of allylic oxidation sites excluding steroid dienone is 1. The second-order valence-electron chi connectivity index (χ2n) is 7.22. The van der Waals surface area contributed by atoms with Gasteiger partial charge in [-0.25, -0.2) is 0 Å². The number of hydrogen-bond acceptors (Lipinski definition) is 6. The second kappa shape index (κ2) is 8.23. The third-order valence-electron chi connectivity index (χ3n) is 5.42. The molecule has 0 aromatic carbocycles. The van der Waals surface area contributed by atoms with Gasteiger partial charge in [-0.1, -0.05) is 23.7 Å². The van der Waals surface area contributed by atoms with Gasteiger partial charge in [0, 0.05) is 39.8 Å². The van der Waals surface area contributed by atoms with Gasteiger partial charge in [-0.2, -0.15) is 4.98 Å². The van der Waals surface area contributed by atoms with Crippen molar-refractivity contribution in [2.45, 2.75) is 39.8 Å². The van der Waals surface area contributed by atoms with Gasteiger partial charge in [0.25, 0.3) is 0 Å². The quantitative estimate of drug-likeness (QED) is 0.744. The fourth-order valence-corrected chi connectivity index (χ4v) is 3.84. The summed E-state index contributed by atoms with van der Waals surface area (Å²) in [5, 5.41) is 3.93. The summed E-state index contributed by atoms with van der Waals surface area (Å²) in [5.41, 5.74) is 1.59. The molecule has 1 aromatic heterocycles. The van der Waals surface area contributed by atoms with Crippen molar-refractivity contribution in [3.8, 4) is 0 Å². The van der Waals surface area contributed by atoms with Crippen LogP contribution in [-0.2, 0) is 17.9 Å². The summed E-state index contributed by atoms with van der Waals surface area (Å²) >= 11 is 0. The normalized spacial score (nSPS) is 26.5. The van der Waals surface area contributed by atoms with Crippen LogP contribution in [0.4, 0.5) is 0 Å². The van der Waals surface area contributed by atoms with Crippen LogP contribution in [0.25, 0.3) is 0 Å². The van der Waals surface area contributed by atoms with E-state index in [2.05, 4.69) is 39.9 Å². The molecular formula is C18H30N4O2. The molecule has 1 aliphatic heterocycles. The number of nitrogens with zero attached hydrogens (tertiary/aromatic N) is 4. The van der Waals surface area contributed by atoms with Crippen molar-refractivity contribution in [2.75, 3.05) is 39.8 Å². The Morgan fingerprint density at radius 3 is 2.71 bits per heavy atom.